The van der Waals surface area contributed by atoms with Crippen LogP contribution in [0.25, 0.3) is 0 Å². The van der Waals surface area contributed by atoms with Gasteiger partial charge in [0, 0.05) is 16.6 Å². The van der Waals surface area contributed by atoms with Crippen molar-refractivity contribution >= 4 is 21.6 Å². The molecule has 0 spiro atoms. The summed E-state index contributed by atoms with van der Waals surface area (Å²) < 4.78 is 1.21. The molecule has 1 aliphatic heterocycles. The molecule has 1 aromatic carbocycles. The topological polar surface area (TPSA) is 29.3 Å². The molecule has 2 nitrogen and oxygen atoms in total. The number of benzene rings is 1. The van der Waals surface area contributed by atoms with E-state index in [0.29, 0.717) is 18.6 Å². The fraction of sp³-hybridized carbons (Fsp3) is 0.600. The van der Waals surface area contributed by atoms with Crippen LogP contribution in [0.2, 0.25) is 0 Å². The van der Waals surface area contributed by atoms with Gasteiger partial charge in [0.05, 0.1) is 5.69 Å². The minimum absolute atomic E-state index is 0.645. The lowest BCUT2D eigenvalue weighted by molar-refractivity contribution is 0.627. The van der Waals surface area contributed by atoms with Crippen molar-refractivity contribution in [3.05, 3.63) is 28.2 Å². The number of hydrogen-bond donors (Lipinski definition) is 1. The highest BCUT2D eigenvalue weighted by atomic mass is 79.9. The molecule has 0 saturated carbocycles. The maximum Gasteiger partial charge on any atom is 0.0515 e. The van der Waals surface area contributed by atoms with Crippen molar-refractivity contribution in [2.75, 3.05) is 11.4 Å². The Labute approximate surface area is 119 Å². The standard InChI is InChI=1S/C15H23BrN2/c1-3-13-6-4-11(2)18(13)15-7-5-12(8-9-17)10-14(15)16/h5,7,10-11,13H,3-4,6,8-9,17H2,1-2H3. The van der Waals surface area contributed by atoms with Crippen LogP contribution in [0.15, 0.2) is 22.7 Å². The van der Waals surface area contributed by atoms with Crippen molar-refractivity contribution in [3.8, 4) is 0 Å². The van der Waals surface area contributed by atoms with Gasteiger partial charge in [-0.15, -0.1) is 0 Å². The van der Waals surface area contributed by atoms with E-state index in [4.69, 9.17) is 5.73 Å². The Morgan fingerprint density at radius 1 is 1.39 bits per heavy atom. The monoisotopic (exact) mass is 310 g/mol. The Morgan fingerprint density at radius 3 is 2.78 bits per heavy atom. The predicted octanol–water partition coefficient (Wildman–Crippen LogP) is 3.72. The second-order valence-electron chi connectivity index (χ2n) is 5.22. The van der Waals surface area contributed by atoms with E-state index in [-0.39, 0.29) is 0 Å². The van der Waals surface area contributed by atoms with Gasteiger partial charge in [-0.25, -0.2) is 0 Å². The molecule has 0 amide bonds. The van der Waals surface area contributed by atoms with E-state index >= 15 is 0 Å². The Kier molecular flexibility index (Phi) is 4.68. The van der Waals surface area contributed by atoms with Gasteiger partial charge in [-0.3, -0.25) is 0 Å². The fourth-order valence-corrected chi connectivity index (χ4v) is 3.62. The molecule has 0 aliphatic carbocycles. The Morgan fingerprint density at radius 2 is 2.17 bits per heavy atom. The maximum absolute atomic E-state index is 5.61. The Balaban J connectivity index is 2.27. The molecule has 1 saturated heterocycles. The first-order valence-electron chi connectivity index (χ1n) is 6.94. The van der Waals surface area contributed by atoms with E-state index < -0.39 is 0 Å². The van der Waals surface area contributed by atoms with Crippen LogP contribution < -0.4 is 10.6 Å². The average molecular weight is 311 g/mol. The van der Waals surface area contributed by atoms with Gasteiger partial charge in [-0.2, -0.15) is 0 Å². The van der Waals surface area contributed by atoms with E-state index in [1.807, 2.05) is 0 Å². The van der Waals surface area contributed by atoms with Crippen LogP contribution in [-0.4, -0.2) is 18.6 Å². The quantitative estimate of drug-likeness (QED) is 0.918. The second kappa shape index (κ2) is 6.07. The van der Waals surface area contributed by atoms with Crippen molar-refractivity contribution in [2.24, 2.45) is 5.73 Å². The molecule has 1 aliphatic rings. The van der Waals surface area contributed by atoms with Crippen molar-refractivity contribution < 1.29 is 0 Å². The van der Waals surface area contributed by atoms with Crippen LogP contribution >= 0.6 is 15.9 Å². The van der Waals surface area contributed by atoms with Gasteiger partial charge >= 0.3 is 0 Å². The maximum atomic E-state index is 5.61. The molecule has 1 heterocycles. The number of nitrogens with zero attached hydrogens (tertiary/aromatic N) is 1. The van der Waals surface area contributed by atoms with Gasteiger partial charge in [0.2, 0.25) is 0 Å². The molecule has 0 radical (unpaired) electrons. The van der Waals surface area contributed by atoms with E-state index in [2.05, 4.69) is 52.9 Å². The zero-order chi connectivity index (χ0) is 13.1. The van der Waals surface area contributed by atoms with Crippen molar-refractivity contribution in [1.82, 2.24) is 0 Å². The number of anilines is 1. The molecular weight excluding hydrogens is 288 g/mol. The van der Waals surface area contributed by atoms with E-state index in [1.165, 1.54) is 35.0 Å². The highest BCUT2D eigenvalue weighted by molar-refractivity contribution is 9.10. The van der Waals surface area contributed by atoms with Crippen molar-refractivity contribution in [3.63, 3.8) is 0 Å². The van der Waals surface area contributed by atoms with Crippen LogP contribution in [0, 0.1) is 0 Å². The second-order valence-corrected chi connectivity index (χ2v) is 6.07. The number of nitrogens with two attached hydrogens (primary N) is 1. The third kappa shape index (κ3) is 2.72. The van der Waals surface area contributed by atoms with Crippen LogP contribution in [0.1, 0.15) is 38.7 Å². The predicted molar refractivity (Wildman–Crippen MR) is 82.2 cm³/mol. The van der Waals surface area contributed by atoms with Gasteiger partial charge in [-0.1, -0.05) is 13.0 Å². The van der Waals surface area contributed by atoms with Crippen LogP contribution in [0.5, 0.6) is 0 Å². The minimum Gasteiger partial charge on any atom is -0.365 e. The van der Waals surface area contributed by atoms with Gasteiger partial charge in [0.1, 0.15) is 0 Å². The first-order chi connectivity index (χ1) is 8.67. The van der Waals surface area contributed by atoms with Gasteiger partial charge < -0.3 is 10.6 Å². The highest BCUT2D eigenvalue weighted by Gasteiger charge is 2.30. The molecule has 2 rings (SSSR count). The molecule has 2 N–H and O–H groups in total. The summed E-state index contributed by atoms with van der Waals surface area (Å²) in [7, 11) is 0. The van der Waals surface area contributed by atoms with E-state index in [9.17, 15) is 0 Å². The first-order valence-corrected chi connectivity index (χ1v) is 7.73. The summed E-state index contributed by atoms with van der Waals surface area (Å²) in [5, 5.41) is 0. The van der Waals surface area contributed by atoms with E-state index in [0.717, 1.165) is 6.42 Å². The SMILES string of the molecule is CCC1CCC(C)N1c1ccc(CCN)cc1Br. The zero-order valence-electron chi connectivity index (χ0n) is 11.3. The van der Waals surface area contributed by atoms with Gasteiger partial charge in [-0.05, 0) is 72.8 Å². The molecule has 1 fully saturated rings. The van der Waals surface area contributed by atoms with Gasteiger partial charge in [0.15, 0.2) is 0 Å². The lowest BCUT2D eigenvalue weighted by Crippen LogP contribution is -2.34. The van der Waals surface area contributed by atoms with Crippen molar-refractivity contribution in [1.29, 1.82) is 0 Å². The number of halogens is 1. The lowest BCUT2D eigenvalue weighted by atomic mass is 10.1. The third-order valence-corrected chi connectivity index (χ3v) is 4.62. The molecule has 100 valence electrons. The summed E-state index contributed by atoms with van der Waals surface area (Å²) in [4.78, 5) is 2.58. The zero-order valence-corrected chi connectivity index (χ0v) is 12.9. The molecule has 3 heteroatoms. The summed E-state index contributed by atoms with van der Waals surface area (Å²) in [6.45, 7) is 5.33. The van der Waals surface area contributed by atoms with E-state index in [1.54, 1.807) is 0 Å². The van der Waals surface area contributed by atoms with Crippen LogP contribution in [0.4, 0.5) is 5.69 Å². The highest BCUT2D eigenvalue weighted by Crippen LogP contribution is 2.36. The van der Waals surface area contributed by atoms with Gasteiger partial charge in [0.25, 0.3) is 0 Å². The average Bonchev–Trinajstić information content (AvgIpc) is 2.71. The molecule has 18 heavy (non-hydrogen) atoms. The minimum atomic E-state index is 0.645. The third-order valence-electron chi connectivity index (χ3n) is 3.98. The summed E-state index contributed by atoms with van der Waals surface area (Å²) in [5.74, 6) is 0. The summed E-state index contributed by atoms with van der Waals surface area (Å²) >= 11 is 3.73. The molecule has 1 aromatic rings. The summed E-state index contributed by atoms with van der Waals surface area (Å²) in [6.07, 6.45) is 4.79. The fourth-order valence-electron chi connectivity index (χ4n) is 2.99. The molecule has 0 aromatic heterocycles. The van der Waals surface area contributed by atoms with Crippen LogP contribution in [-0.2, 0) is 6.42 Å². The van der Waals surface area contributed by atoms with Crippen molar-refractivity contribution in [2.45, 2.75) is 51.6 Å². The molecule has 2 atom stereocenters. The van der Waals surface area contributed by atoms with Crippen LogP contribution in [0.3, 0.4) is 0 Å². The first kappa shape index (κ1) is 13.9. The smallest absolute Gasteiger partial charge is 0.0515 e. The normalized spacial score (nSPS) is 23.7. The molecule has 2 unspecified atom stereocenters. The summed E-state index contributed by atoms with van der Waals surface area (Å²) in [5.41, 5.74) is 8.26. The summed E-state index contributed by atoms with van der Waals surface area (Å²) in [6, 6.07) is 8.02. The largest absolute Gasteiger partial charge is 0.365 e. The lowest BCUT2D eigenvalue weighted by Gasteiger charge is -2.31. The molecule has 0 bridgehead atoms. The Hall–Kier alpha value is -0.540. The molecular formula is C15H23BrN2. The Bertz CT molecular complexity index is 405. The number of hydrogen-bond acceptors (Lipinski definition) is 2. The number of rotatable bonds is 4.